The molecule has 1 aliphatic carbocycles. The Morgan fingerprint density at radius 1 is 1.30 bits per heavy atom. The van der Waals surface area contributed by atoms with Crippen LogP contribution in [0.15, 0.2) is 36.0 Å². The highest BCUT2D eigenvalue weighted by Crippen LogP contribution is 2.31. The van der Waals surface area contributed by atoms with E-state index in [0.29, 0.717) is 5.92 Å². The maximum atomic E-state index is 12.9. The highest BCUT2D eigenvalue weighted by Gasteiger charge is 2.24. The van der Waals surface area contributed by atoms with E-state index in [1.807, 2.05) is 52.5 Å². The van der Waals surface area contributed by atoms with E-state index in [9.17, 15) is 4.79 Å². The molecule has 4 heteroatoms. The summed E-state index contributed by atoms with van der Waals surface area (Å²) in [7, 11) is 1.95. The molecule has 2 aromatic heterocycles. The predicted molar refractivity (Wildman–Crippen MR) is 96.3 cm³/mol. The van der Waals surface area contributed by atoms with Gasteiger partial charge in [-0.1, -0.05) is 39.0 Å². The number of thiophene rings is 1. The van der Waals surface area contributed by atoms with Gasteiger partial charge in [0.15, 0.2) is 0 Å². The van der Waals surface area contributed by atoms with Gasteiger partial charge in [0.1, 0.15) is 4.88 Å². The third-order valence-corrected chi connectivity index (χ3v) is 5.98. The zero-order valence-corrected chi connectivity index (χ0v) is 14.9. The average molecular weight is 330 g/mol. The third kappa shape index (κ3) is 3.69. The number of carbonyl (C=O) groups excluding carboxylic acids is 1. The molecule has 1 saturated carbocycles. The number of hydrogen-bond donors (Lipinski definition) is 0. The largest absolute Gasteiger partial charge is 0.341 e. The smallest absolute Gasteiger partial charge is 0.265 e. The van der Waals surface area contributed by atoms with Crippen molar-refractivity contribution >= 4 is 17.2 Å². The van der Waals surface area contributed by atoms with Crippen LogP contribution in [0.3, 0.4) is 0 Å². The zero-order chi connectivity index (χ0) is 16.2. The minimum Gasteiger partial charge on any atom is -0.341 e. The van der Waals surface area contributed by atoms with Crippen molar-refractivity contribution in [2.24, 2.45) is 11.8 Å². The molecule has 0 bridgehead atoms. The maximum absolute atomic E-state index is 12.9. The Labute approximate surface area is 142 Å². The van der Waals surface area contributed by atoms with Crippen molar-refractivity contribution < 1.29 is 4.79 Å². The van der Waals surface area contributed by atoms with Crippen molar-refractivity contribution in [1.29, 1.82) is 0 Å². The molecule has 3 nitrogen and oxygen atoms in total. The van der Waals surface area contributed by atoms with Crippen molar-refractivity contribution in [3.8, 4) is 5.69 Å². The number of amides is 1. The molecule has 124 valence electrons. The molecule has 2 aromatic rings. The zero-order valence-electron chi connectivity index (χ0n) is 14.1. The van der Waals surface area contributed by atoms with Crippen LogP contribution in [0, 0.1) is 11.8 Å². The van der Waals surface area contributed by atoms with Crippen molar-refractivity contribution in [2.45, 2.75) is 39.0 Å². The van der Waals surface area contributed by atoms with Crippen molar-refractivity contribution in [2.75, 3.05) is 13.6 Å². The molecule has 1 atom stereocenters. The first-order valence-electron chi connectivity index (χ1n) is 8.63. The Morgan fingerprint density at radius 2 is 2.00 bits per heavy atom. The molecule has 23 heavy (non-hydrogen) atoms. The summed E-state index contributed by atoms with van der Waals surface area (Å²) in [5.41, 5.74) is 0.988. The van der Waals surface area contributed by atoms with Crippen LogP contribution in [0.2, 0.25) is 0 Å². The van der Waals surface area contributed by atoms with Crippen LogP contribution in [0.25, 0.3) is 5.69 Å². The van der Waals surface area contributed by atoms with E-state index in [1.54, 1.807) is 0 Å². The van der Waals surface area contributed by atoms with E-state index >= 15 is 0 Å². The van der Waals surface area contributed by atoms with E-state index in [-0.39, 0.29) is 5.91 Å². The SMILES string of the molecule is CC(CN(C)C(=O)c1sccc1-n1cccc1)C1CCCCC1. The lowest BCUT2D eigenvalue weighted by Crippen LogP contribution is -2.34. The Hall–Kier alpha value is -1.55. The Morgan fingerprint density at radius 3 is 2.70 bits per heavy atom. The van der Waals surface area contributed by atoms with E-state index in [0.717, 1.165) is 23.0 Å². The van der Waals surface area contributed by atoms with Gasteiger partial charge in [-0.15, -0.1) is 11.3 Å². The second kappa shape index (κ2) is 7.35. The van der Waals surface area contributed by atoms with Gasteiger partial charge in [-0.2, -0.15) is 0 Å². The highest BCUT2D eigenvalue weighted by molar-refractivity contribution is 7.12. The van der Waals surface area contributed by atoms with Crippen LogP contribution in [-0.2, 0) is 0 Å². The fourth-order valence-corrected chi connectivity index (χ4v) is 4.59. The minimum atomic E-state index is 0.145. The molecule has 0 radical (unpaired) electrons. The van der Waals surface area contributed by atoms with Gasteiger partial charge in [0.2, 0.25) is 0 Å². The molecule has 0 N–H and O–H groups in total. The summed E-state index contributed by atoms with van der Waals surface area (Å²) in [6.45, 7) is 3.16. The molecule has 0 saturated heterocycles. The average Bonchev–Trinajstić information content (AvgIpc) is 3.25. The highest BCUT2D eigenvalue weighted by atomic mass is 32.1. The van der Waals surface area contributed by atoms with Gasteiger partial charge in [0, 0.05) is 26.0 Å². The van der Waals surface area contributed by atoms with Gasteiger partial charge in [-0.25, -0.2) is 0 Å². The van der Waals surface area contributed by atoms with Gasteiger partial charge < -0.3 is 9.47 Å². The third-order valence-electron chi connectivity index (χ3n) is 5.08. The second-order valence-electron chi connectivity index (χ2n) is 6.79. The van der Waals surface area contributed by atoms with Crippen LogP contribution < -0.4 is 0 Å². The van der Waals surface area contributed by atoms with E-state index < -0.39 is 0 Å². The van der Waals surface area contributed by atoms with Gasteiger partial charge in [-0.3, -0.25) is 4.79 Å². The lowest BCUT2D eigenvalue weighted by atomic mass is 9.80. The summed E-state index contributed by atoms with van der Waals surface area (Å²) in [4.78, 5) is 15.6. The summed E-state index contributed by atoms with van der Waals surface area (Å²) in [6, 6.07) is 6.00. The molecular formula is C19H26N2OS. The fourth-order valence-electron chi connectivity index (χ4n) is 3.70. The first-order chi connectivity index (χ1) is 11.2. The van der Waals surface area contributed by atoms with Crippen LogP contribution in [-0.4, -0.2) is 29.0 Å². The molecule has 1 fully saturated rings. The van der Waals surface area contributed by atoms with Gasteiger partial charge in [0.05, 0.1) is 5.69 Å². The minimum absolute atomic E-state index is 0.145. The van der Waals surface area contributed by atoms with Gasteiger partial charge in [0.25, 0.3) is 5.91 Å². The molecule has 1 unspecified atom stereocenters. The van der Waals surface area contributed by atoms with Crippen LogP contribution in [0.5, 0.6) is 0 Å². The Kier molecular flexibility index (Phi) is 5.21. The first-order valence-corrected chi connectivity index (χ1v) is 9.51. The monoisotopic (exact) mass is 330 g/mol. The van der Waals surface area contributed by atoms with Crippen LogP contribution >= 0.6 is 11.3 Å². The van der Waals surface area contributed by atoms with Crippen molar-refractivity contribution in [1.82, 2.24) is 9.47 Å². The normalized spacial score (nSPS) is 17.1. The number of aromatic nitrogens is 1. The van der Waals surface area contributed by atoms with Crippen LogP contribution in [0.1, 0.15) is 48.7 Å². The molecule has 3 rings (SSSR count). The molecule has 1 aliphatic rings. The predicted octanol–water partition coefficient (Wildman–Crippen LogP) is 4.83. The summed E-state index contributed by atoms with van der Waals surface area (Å²) in [6.07, 6.45) is 10.7. The topological polar surface area (TPSA) is 25.2 Å². The van der Waals surface area contributed by atoms with E-state index in [4.69, 9.17) is 0 Å². The molecule has 2 heterocycles. The molecule has 0 aliphatic heterocycles. The summed E-state index contributed by atoms with van der Waals surface area (Å²) in [5.74, 6) is 1.51. The van der Waals surface area contributed by atoms with Gasteiger partial charge in [-0.05, 0) is 35.4 Å². The number of rotatable bonds is 5. The molecule has 1 amide bonds. The lowest BCUT2D eigenvalue weighted by Gasteiger charge is -2.30. The molecule has 0 spiro atoms. The fraction of sp³-hybridized carbons (Fsp3) is 0.526. The second-order valence-corrected chi connectivity index (χ2v) is 7.70. The van der Waals surface area contributed by atoms with Crippen molar-refractivity contribution in [3.63, 3.8) is 0 Å². The molecule has 0 aromatic carbocycles. The molecular weight excluding hydrogens is 304 g/mol. The number of nitrogens with zero attached hydrogens (tertiary/aromatic N) is 2. The Balaban J connectivity index is 1.67. The van der Waals surface area contributed by atoms with Crippen molar-refractivity contribution in [3.05, 3.63) is 40.8 Å². The summed E-state index contributed by atoms with van der Waals surface area (Å²) >= 11 is 1.53. The van der Waals surface area contributed by atoms with Gasteiger partial charge >= 0.3 is 0 Å². The number of hydrogen-bond acceptors (Lipinski definition) is 2. The lowest BCUT2D eigenvalue weighted by molar-refractivity contribution is 0.0754. The maximum Gasteiger partial charge on any atom is 0.265 e. The number of carbonyl (C=O) groups is 1. The summed E-state index contributed by atoms with van der Waals surface area (Å²) < 4.78 is 2.02. The quantitative estimate of drug-likeness (QED) is 0.771. The summed E-state index contributed by atoms with van der Waals surface area (Å²) in [5, 5.41) is 2.00. The first kappa shape index (κ1) is 16.3. The Bertz CT molecular complexity index is 626. The van der Waals surface area contributed by atoms with Crippen LogP contribution in [0.4, 0.5) is 0 Å². The van der Waals surface area contributed by atoms with E-state index in [1.165, 1.54) is 43.4 Å². The standard InChI is InChI=1S/C19H26N2OS/c1-15(16-8-4-3-5-9-16)14-20(2)19(22)18-17(10-13-23-18)21-11-6-7-12-21/h6-7,10-13,15-16H,3-5,8-9,14H2,1-2H3. The van der Waals surface area contributed by atoms with E-state index in [2.05, 4.69) is 6.92 Å².